The van der Waals surface area contributed by atoms with E-state index in [0.717, 1.165) is 12.0 Å². The molecule has 0 spiro atoms. The van der Waals surface area contributed by atoms with Crippen LogP contribution in [-0.4, -0.2) is 38.2 Å². The number of Topliss-reactive ketones (excluding diaryl/α,β-unsaturated/α-hetero) is 1. The highest BCUT2D eigenvalue weighted by atomic mass is 16.5. The van der Waals surface area contributed by atoms with Gasteiger partial charge in [-0.15, -0.1) is 0 Å². The summed E-state index contributed by atoms with van der Waals surface area (Å²) < 4.78 is 15.8. The van der Waals surface area contributed by atoms with Crippen LogP contribution in [-0.2, 0) is 16.0 Å². The van der Waals surface area contributed by atoms with Crippen molar-refractivity contribution in [2.75, 3.05) is 27.4 Å². The highest BCUT2D eigenvalue weighted by molar-refractivity contribution is 5.78. The van der Waals surface area contributed by atoms with E-state index in [1.165, 1.54) is 0 Å². The highest BCUT2D eigenvalue weighted by Crippen LogP contribution is 2.26. The lowest BCUT2D eigenvalue weighted by atomic mass is 9.99. The van der Waals surface area contributed by atoms with Gasteiger partial charge in [0, 0.05) is 32.3 Å². The summed E-state index contributed by atoms with van der Waals surface area (Å²) in [6.45, 7) is 4.70. The molecule has 1 rings (SSSR count). The van der Waals surface area contributed by atoms with Gasteiger partial charge in [-0.05, 0) is 25.0 Å². The predicted octanol–water partition coefficient (Wildman–Crippen LogP) is 2.27. The first-order valence-electron chi connectivity index (χ1n) is 6.73. The second-order valence-electron chi connectivity index (χ2n) is 4.76. The largest absolute Gasteiger partial charge is 0.488 e. The number of rotatable bonds is 9. The molecular formula is C15H23NO4. The Kier molecular flexibility index (Phi) is 7.01. The van der Waals surface area contributed by atoms with Crippen molar-refractivity contribution in [3.05, 3.63) is 17.8 Å². The molecule has 5 heteroatoms. The summed E-state index contributed by atoms with van der Waals surface area (Å²) in [4.78, 5) is 15.5. The third-order valence-electron chi connectivity index (χ3n) is 3.05. The Morgan fingerprint density at radius 3 is 2.70 bits per heavy atom. The number of hydrogen-bond donors (Lipinski definition) is 0. The van der Waals surface area contributed by atoms with E-state index in [4.69, 9.17) is 14.2 Å². The smallest absolute Gasteiger partial charge is 0.256 e. The normalized spacial score (nSPS) is 12.0. The van der Waals surface area contributed by atoms with Crippen LogP contribution in [0.25, 0.3) is 0 Å². The number of methoxy groups -OCH3 is 2. The Balaban J connectivity index is 2.72. The van der Waals surface area contributed by atoms with Crippen LogP contribution in [0.5, 0.6) is 11.6 Å². The van der Waals surface area contributed by atoms with Crippen LogP contribution in [0.3, 0.4) is 0 Å². The standard InChI is InChI=1S/C15H23NO4/c1-11(12(2)17)8-13-9-14(15(19-4)16-10-13)20-7-5-6-18-3/h9-11H,5-8H2,1-4H3/t11-/m0/s1. The third kappa shape index (κ3) is 5.17. The molecule has 0 aromatic carbocycles. The molecule has 5 nitrogen and oxygen atoms in total. The van der Waals surface area contributed by atoms with Crippen LogP contribution in [0.15, 0.2) is 12.3 Å². The van der Waals surface area contributed by atoms with Crippen molar-refractivity contribution in [2.24, 2.45) is 5.92 Å². The lowest BCUT2D eigenvalue weighted by Crippen LogP contribution is -2.10. The summed E-state index contributed by atoms with van der Waals surface area (Å²) in [7, 11) is 3.22. The molecule has 1 heterocycles. The van der Waals surface area contributed by atoms with Gasteiger partial charge in [0.2, 0.25) is 0 Å². The van der Waals surface area contributed by atoms with Crippen molar-refractivity contribution in [1.29, 1.82) is 0 Å². The van der Waals surface area contributed by atoms with E-state index in [0.29, 0.717) is 31.3 Å². The lowest BCUT2D eigenvalue weighted by Gasteiger charge is -2.12. The van der Waals surface area contributed by atoms with Gasteiger partial charge in [-0.1, -0.05) is 6.92 Å². The average molecular weight is 281 g/mol. The molecule has 1 aromatic rings. The maximum Gasteiger partial charge on any atom is 0.256 e. The van der Waals surface area contributed by atoms with E-state index < -0.39 is 0 Å². The third-order valence-corrected chi connectivity index (χ3v) is 3.05. The fourth-order valence-electron chi connectivity index (χ4n) is 1.72. The van der Waals surface area contributed by atoms with Crippen LogP contribution < -0.4 is 9.47 Å². The second kappa shape index (κ2) is 8.53. The number of carbonyl (C=O) groups excluding carboxylic acids is 1. The van der Waals surface area contributed by atoms with Crippen molar-refractivity contribution in [3.63, 3.8) is 0 Å². The van der Waals surface area contributed by atoms with Crippen LogP contribution >= 0.6 is 0 Å². The van der Waals surface area contributed by atoms with Crippen molar-refractivity contribution in [2.45, 2.75) is 26.7 Å². The number of carbonyl (C=O) groups is 1. The van der Waals surface area contributed by atoms with Crippen molar-refractivity contribution in [1.82, 2.24) is 4.98 Å². The van der Waals surface area contributed by atoms with Gasteiger partial charge in [0.1, 0.15) is 5.78 Å². The number of pyridine rings is 1. The van der Waals surface area contributed by atoms with E-state index >= 15 is 0 Å². The van der Waals surface area contributed by atoms with Gasteiger partial charge in [0.05, 0.1) is 13.7 Å². The van der Waals surface area contributed by atoms with Gasteiger partial charge < -0.3 is 14.2 Å². The Hall–Kier alpha value is -1.62. The number of ether oxygens (including phenoxy) is 3. The topological polar surface area (TPSA) is 57.7 Å². The molecule has 0 aliphatic carbocycles. The molecule has 0 radical (unpaired) electrons. The zero-order valence-electron chi connectivity index (χ0n) is 12.6. The first-order valence-corrected chi connectivity index (χ1v) is 6.73. The minimum atomic E-state index is -0.0217. The zero-order chi connectivity index (χ0) is 15.0. The highest BCUT2D eigenvalue weighted by Gasteiger charge is 2.12. The molecule has 0 fully saturated rings. The number of aromatic nitrogens is 1. The lowest BCUT2D eigenvalue weighted by molar-refractivity contribution is -0.120. The maximum absolute atomic E-state index is 11.3. The molecule has 20 heavy (non-hydrogen) atoms. The Labute approximate surface area is 120 Å². The van der Waals surface area contributed by atoms with Gasteiger partial charge in [0.15, 0.2) is 5.75 Å². The van der Waals surface area contributed by atoms with Gasteiger partial charge in [-0.3, -0.25) is 4.79 Å². The second-order valence-corrected chi connectivity index (χ2v) is 4.76. The van der Waals surface area contributed by atoms with Crippen molar-refractivity contribution >= 4 is 5.78 Å². The molecule has 0 N–H and O–H groups in total. The summed E-state index contributed by atoms with van der Waals surface area (Å²) in [5, 5.41) is 0. The number of ketones is 1. The van der Waals surface area contributed by atoms with Gasteiger partial charge in [-0.25, -0.2) is 4.98 Å². The van der Waals surface area contributed by atoms with E-state index in [1.54, 1.807) is 27.3 Å². The number of hydrogen-bond acceptors (Lipinski definition) is 5. The molecule has 0 amide bonds. The summed E-state index contributed by atoms with van der Waals surface area (Å²) in [6.07, 6.45) is 3.18. The van der Waals surface area contributed by atoms with E-state index in [-0.39, 0.29) is 11.7 Å². The minimum absolute atomic E-state index is 0.0217. The summed E-state index contributed by atoms with van der Waals surface area (Å²) in [6, 6.07) is 1.89. The van der Waals surface area contributed by atoms with Crippen LogP contribution in [0.1, 0.15) is 25.8 Å². The fraction of sp³-hybridized carbons (Fsp3) is 0.600. The quantitative estimate of drug-likeness (QED) is 0.650. The first-order chi connectivity index (χ1) is 9.58. The van der Waals surface area contributed by atoms with Crippen molar-refractivity contribution < 1.29 is 19.0 Å². The van der Waals surface area contributed by atoms with E-state index in [2.05, 4.69) is 4.98 Å². The molecule has 0 saturated heterocycles. The minimum Gasteiger partial charge on any atom is -0.488 e. The molecule has 0 bridgehead atoms. The molecular weight excluding hydrogens is 258 g/mol. The Bertz CT molecular complexity index is 434. The Morgan fingerprint density at radius 2 is 2.10 bits per heavy atom. The maximum atomic E-state index is 11.3. The monoisotopic (exact) mass is 281 g/mol. The SMILES string of the molecule is COCCCOc1cc(C[C@H](C)C(C)=O)cnc1OC. The van der Waals surface area contributed by atoms with Crippen molar-refractivity contribution in [3.8, 4) is 11.6 Å². The molecule has 0 unspecified atom stereocenters. The molecule has 0 saturated carbocycles. The van der Waals surface area contributed by atoms with Gasteiger partial charge >= 0.3 is 0 Å². The fourth-order valence-corrected chi connectivity index (χ4v) is 1.72. The zero-order valence-corrected chi connectivity index (χ0v) is 12.6. The summed E-state index contributed by atoms with van der Waals surface area (Å²) >= 11 is 0. The molecule has 0 aliphatic rings. The predicted molar refractivity (Wildman–Crippen MR) is 76.3 cm³/mol. The summed E-state index contributed by atoms with van der Waals surface area (Å²) in [5.41, 5.74) is 0.968. The Morgan fingerprint density at radius 1 is 1.35 bits per heavy atom. The molecule has 0 aliphatic heterocycles. The van der Waals surface area contributed by atoms with E-state index in [9.17, 15) is 4.79 Å². The first kappa shape index (κ1) is 16.4. The van der Waals surface area contributed by atoms with E-state index in [1.807, 2.05) is 13.0 Å². The van der Waals surface area contributed by atoms with Crippen LogP contribution in [0.2, 0.25) is 0 Å². The molecule has 112 valence electrons. The van der Waals surface area contributed by atoms with Gasteiger partial charge in [0.25, 0.3) is 5.88 Å². The summed E-state index contributed by atoms with van der Waals surface area (Å²) in [5.74, 6) is 1.22. The van der Waals surface area contributed by atoms with Crippen LogP contribution in [0, 0.1) is 5.92 Å². The van der Waals surface area contributed by atoms with Crippen LogP contribution in [0.4, 0.5) is 0 Å². The molecule has 1 atom stereocenters. The average Bonchev–Trinajstić information content (AvgIpc) is 2.43. The van der Waals surface area contributed by atoms with Gasteiger partial charge in [-0.2, -0.15) is 0 Å². The molecule has 1 aromatic heterocycles. The number of nitrogens with zero attached hydrogens (tertiary/aromatic N) is 1.